The van der Waals surface area contributed by atoms with E-state index in [4.69, 9.17) is 4.74 Å². The third-order valence-corrected chi connectivity index (χ3v) is 4.96. The van der Waals surface area contributed by atoms with Crippen molar-refractivity contribution in [2.75, 3.05) is 0 Å². The highest BCUT2D eigenvalue weighted by molar-refractivity contribution is 5.16. The summed E-state index contributed by atoms with van der Waals surface area (Å²) in [6.45, 7) is 1.71. The lowest BCUT2D eigenvalue weighted by molar-refractivity contribution is -0.115. The molecule has 0 amide bonds. The number of alkyl halides is 2. The first-order valence-corrected chi connectivity index (χ1v) is 8.96. The molecule has 1 aliphatic rings. The molecule has 0 heterocycles. The Balaban J connectivity index is 1.74. The summed E-state index contributed by atoms with van der Waals surface area (Å²) < 4.78 is 59.2. The van der Waals surface area contributed by atoms with Crippen molar-refractivity contribution in [1.82, 2.24) is 0 Å². The number of hydrogen-bond acceptors (Lipinski definition) is 1. The van der Waals surface area contributed by atoms with Crippen molar-refractivity contribution in [3.05, 3.63) is 47.5 Å². The highest BCUT2D eigenvalue weighted by Gasteiger charge is 2.33. The van der Waals surface area contributed by atoms with E-state index in [0.717, 1.165) is 37.8 Å². The van der Waals surface area contributed by atoms with E-state index in [-0.39, 0.29) is 18.1 Å². The van der Waals surface area contributed by atoms with E-state index in [1.165, 1.54) is 6.07 Å². The van der Waals surface area contributed by atoms with Crippen molar-refractivity contribution in [1.29, 1.82) is 0 Å². The van der Waals surface area contributed by atoms with Gasteiger partial charge >= 0.3 is 0 Å². The molecule has 1 aromatic carbocycles. The number of benzene rings is 1. The predicted octanol–water partition coefficient (Wildman–Crippen LogP) is 6.28. The lowest BCUT2D eigenvalue weighted by atomic mass is 9.78. The normalized spacial score (nSPS) is 23.7. The average molecular weight is 358 g/mol. The Morgan fingerprint density at radius 2 is 1.84 bits per heavy atom. The number of allylic oxidation sites excluding steroid dienone is 2. The van der Waals surface area contributed by atoms with Crippen molar-refractivity contribution >= 4 is 0 Å². The standard InChI is InChI=1S/C20H26F4O/c1-2-3-4-5-14-6-9-16(10-7-14)19(23)20(24)25-13-15-8-11-17(21)18(22)12-15/h2-3,8,11-12,14,16,19-20H,4-7,9-10,13H2,1H3/b3-2+. The van der Waals surface area contributed by atoms with Gasteiger partial charge in [0.2, 0.25) is 6.36 Å². The second-order valence-corrected chi connectivity index (χ2v) is 6.78. The van der Waals surface area contributed by atoms with E-state index >= 15 is 0 Å². The van der Waals surface area contributed by atoms with E-state index in [1.807, 2.05) is 13.0 Å². The van der Waals surface area contributed by atoms with E-state index in [0.29, 0.717) is 18.8 Å². The van der Waals surface area contributed by atoms with E-state index < -0.39 is 24.2 Å². The zero-order valence-electron chi connectivity index (χ0n) is 14.6. The van der Waals surface area contributed by atoms with E-state index in [2.05, 4.69) is 6.08 Å². The lowest BCUT2D eigenvalue weighted by Crippen LogP contribution is -2.31. The summed E-state index contributed by atoms with van der Waals surface area (Å²) in [5.74, 6) is -1.75. The summed E-state index contributed by atoms with van der Waals surface area (Å²) in [6, 6.07) is 3.18. The molecule has 0 spiro atoms. The Labute approximate surface area is 147 Å². The van der Waals surface area contributed by atoms with Gasteiger partial charge < -0.3 is 4.74 Å². The molecular weight excluding hydrogens is 332 g/mol. The molecular formula is C20H26F4O. The molecule has 1 aromatic rings. The fourth-order valence-corrected chi connectivity index (χ4v) is 3.41. The maximum atomic E-state index is 14.3. The van der Waals surface area contributed by atoms with Crippen LogP contribution in [0.25, 0.3) is 0 Å². The second-order valence-electron chi connectivity index (χ2n) is 6.78. The average Bonchev–Trinajstić information content (AvgIpc) is 2.62. The monoisotopic (exact) mass is 358 g/mol. The maximum absolute atomic E-state index is 14.3. The molecule has 1 aliphatic carbocycles. The third-order valence-electron chi connectivity index (χ3n) is 4.96. The van der Waals surface area contributed by atoms with Gasteiger partial charge in [-0.2, -0.15) is 0 Å². The van der Waals surface area contributed by atoms with Gasteiger partial charge in [0, 0.05) is 0 Å². The van der Waals surface area contributed by atoms with Crippen LogP contribution in [0, 0.1) is 23.5 Å². The van der Waals surface area contributed by atoms with Crippen LogP contribution in [0.4, 0.5) is 17.6 Å². The molecule has 5 heteroatoms. The lowest BCUT2D eigenvalue weighted by Gasteiger charge is -2.31. The summed E-state index contributed by atoms with van der Waals surface area (Å²) in [5, 5.41) is 0. The molecule has 2 atom stereocenters. The highest BCUT2D eigenvalue weighted by atomic mass is 19.2. The van der Waals surface area contributed by atoms with Crippen molar-refractivity contribution in [3.8, 4) is 0 Å². The van der Waals surface area contributed by atoms with Crippen LogP contribution in [-0.2, 0) is 11.3 Å². The Morgan fingerprint density at radius 1 is 1.12 bits per heavy atom. The van der Waals surface area contributed by atoms with Crippen LogP contribution < -0.4 is 0 Å². The van der Waals surface area contributed by atoms with Crippen LogP contribution >= 0.6 is 0 Å². The molecule has 2 unspecified atom stereocenters. The predicted molar refractivity (Wildman–Crippen MR) is 90.4 cm³/mol. The van der Waals surface area contributed by atoms with Gasteiger partial charge in [0.05, 0.1) is 6.61 Å². The molecule has 140 valence electrons. The number of rotatable bonds is 8. The first kappa shape index (κ1) is 20.0. The maximum Gasteiger partial charge on any atom is 0.231 e. The zero-order valence-corrected chi connectivity index (χ0v) is 14.6. The van der Waals surface area contributed by atoms with E-state index in [1.54, 1.807) is 0 Å². The van der Waals surface area contributed by atoms with Crippen molar-refractivity contribution < 1.29 is 22.3 Å². The van der Waals surface area contributed by atoms with Crippen molar-refractivity contribution in [2.24, 2.45) is 11.8 Å². The molecule has 0 aromatic heterocycles. The van der Waals surface area contributed by atoms with Gasteiger partial charge in [-0.25, -0.2) is 17.6 Å². The van der Waals surface area contributed by atoms with Gasteiger partial charge in [0.1, 0.15) is 0 Å². The first-order valence-electron chi connectivity index (χ1n) is 8.96. The molecule has 0 saturated heterocycles. The highest BCUT2D eigenvalue weighted by Crippen LogP contribution is 2.36. The van der Waals surface area contributed by atoms with Crippen molar-refractivity contribution in [3.63, 3.8) is 0 Å². The van der Waals surface area contributed by atoms with Gasteiger partial charge in [-0.05, 0) is 62.1 Å². The Hall–Kier alpha value is -1.36. The fourth-order valence-electron chi connectivity index (χ4n) is 3.41. The molecule has 2 rings (SSSR count). The molecule has 0 N–H and O–H groups in total. The summed E-state index contributed by atoms with van der Waals surface area (Å²) in [6.07, 6.45) is 5.73. The second kappa shape index (κ2) is 9.95. The van der Waals surface area contributed by atoms with Gasteiger partial charge in [0.25, 0.3) is 0 Å². The Morgan fingerprint density at radius 3 is 2.48 bits per heavy atom. The van der Waals surface area contributed by atoms with Crippen LogP contribution in [0.15, 0.2) is 30.4 Å². The largest absolute Gasteiger partial charge is 0.341 e. The number of ether oxygens (including phenoxy) is 1. The summed E-state index contributed by atoms with van der Waals surface area (Å²) in [7, 11) is 0. The van der Waals surface area contributed by atoms with Crippen LogP contribution in [-0.4, -0.2) is 12.5 Å². The molecule has 0 bridgehead atoms. The summed E-state index contributed by atoms with van der Waals surface area (Å²) in [5.41, 5.74) is 0.279. The molecule has 25 heavy (non-hydrogen) atoms. The minimum atomic E-state index is -2.04. The summed E-state index contributed by atoms with van der Waals surface area (Å²) >= 11 is 0. The fraction of sp³-hybridized carbons (Fsp3) is 0.600. The molecule has 1 saturated carbocycles. The van der Waals surface area contributed by atoms with Gasteiger partial charge in [-0.15, -0.1) is 0 Å². The Kier molecular flexibility index (Phi) is 7.94. The SMILES string of the molecule is C/C=C/CCC1CCC(C(F)C(F)OCc2ccc(F)c(F)c2)CC1. The number of halogens is 4. The van der Waals surface area contributed by atoms with Crippen molar-refractivity contribution in [2.45, 2.75) is 64.6 Å². The third kappa shape index (κ3) is 6.14. The molecule has 0 aliphatic heterocycles. The van der Waals surface area contributed by atoms with Gasteiger partial charge in [-0.3, -0.25) is 0 Å². The van der Waals surface area contributed by atoms with E-state index in [9.17, 15) is 17.6 Å². The first-order chi connectivity index (χ1) is 12.0. The van der Waals surface area contributed by atoms with Crippen LogP contribution in [0.2, 0.25) is 0 Å². The molecule has 1 fully saturated rings. The smallest absolute Gasteiger partial charge is 0.231 e. The quantitative estimate of drug-likeness (QED) is 0.393. The minimum absolute atomic E-state index is 0.279. The summed E-state index contributed by atoms with van der Waals surface area (Å²) in [4.78, 5) is 0. The van der Waals surface area contributed by atoms with Gasteiger partial charge in [-0.1, -0.05) is 31.1 Å². The van der Waals surface area contributed by atoms with Crippen LogP contribution in [0.3, 0.4) is 0 Å². The molecule has 1 nitrogen and oxygen atoms in total. The molecule has 0 radical (unpaired) electrons. The van der Waals surface area contributed by atoms with Crippen LogP contribution in [0.5, 0.6) is 0 Å². The number of hydrogen-bond donors (Lipinski definition) is 0. The Bertz CT molecular complexity index is 553. The zero-order chi connectivity index (χ0) is 18.2. The topological polar surface area (TPSA) is 9.23 Å². The van der Waals surface area contributed by atoms with Gasteiger partial charge in [0.15, 0.2) is 17.8 Å². The minimum Gasteiger partial charge on any atom is -0.341 e. The van der Waals surface area contributed by atoms with Crippen LogP contribution in [0.1, 0.15) is 51.0 Å².